The molecular weight excluding hydrogens is 472 g/mol. The molecule has 2 rings (SSSR count). The van der Waals surface area contributed by atoms with Crippen molar-refractivity contribution in [2.24, 2.45) is 5.92 Å². The number of rotatable bonds is 12. The van der Waals surface area contributed by atoms with Gasteiger partial charge in [-0.25, -0.2) is 4.79 Å². The van der Waals surface area contributed by atoms with Crippen LogP contribution in [0.2, 0.25) is 5.02 Å². The Morgan fingerprint density at radius 3 is 2.23 bits per heavy atom. The van der Waals surface area contributed by atoms with Crippen LogP contribution in [0, 0.1) is 5.92 Å². The van der Waals surface area contributed by atoms with Crippen molar-refractivity contribution in [1.82, 2.24) is 10.6 Å². The molecular formula is C26H31ClN2O6. The number of ketones is 1. The van der Waals surface area contributed by atoms with Crippen LogP contribution < -0.4 is 10.6 Å². The van der Waals surface area contributed by atoms with Crippen molar-refractivity contribution in [3.8, 4) is 0 Å². The second kappa shape index (κ2) is 14.1. The van der Waals surface area contributed by atoms with Crippen molar-refractivity contribution in [1.29, 1.82) is 0 Å². The van der Waals surface area contributed by atoms with E-state index in [1.54, 1.807) is 48.5 Å². The van der Waals surface area contributed by atoms with Crippen molar-refractivity contribution in [3.05, 3.63) is 70.7 Å². The van der Waals surface area contributed by atoms with Gasteiger partial charge in [0.15, 0.2) is 12.4 Å². The van der Waals surface area contributed by atoms with Crippen molar-refractivity contribution < 1.29 is 28.7 Å². The lowest BCUT2D eigenvalue weighted by atomic mass is 10.0. The molecule has 2 N–H and O–H groups in total. The van der Waals surface area contributed by atoms with Gasteiger partial charge in [-0.3, -0.25) is 14.4 Å². The second-order valence-corrected chi connectivity index (χ2v) is 8.99. The molecule has 0 radical (unpaired) electrons. The molecule has 0 fully saturated rings. The van der Waals surface area contributed by atoms with Crippen molar-refractivity contribution >= 4 is 35.4 Å². The number of alkyl carbamates (subject to hydrolysis) is 1. The highest BCUT2D eigenvalue weighted by molar-refractivity contribution is 6.30. The van der Waals surface area contributed by atoms with Gasteiger partial charge in [-0.05, 0) is 42.5 Å². The van der Waals surface area contributed by atoms with E-state index in [1.165, 1.54) is 6.92 Å². The van der Waals surface area contributed by atoms with E-state index < -0.39 is 42.4 Å². The number of hydrogen-bond acceptors (Lipinski definition) is 6. The molecule has 2 atom stereocenters. The zero-order valence-electron chi connectivity index (χ0n) is 20.1. The van der Waals surface area contributed by atoms with Crippen LogP contribution in [0.5, 0.6) is 0 Å². The Labute approximate surface area is 210 Å². The summed E-state index contributed by atoms with van der Waals surface area (Å²) in [7, 11) is 0. The van der Waals surface area contributed by atoms with Gasteiger partial charge in [-0.15, -0.1) is 0 Å². The van der Waals surface area contributed by atoms with E-state index in [0.29, 0.717) is 17.0 Å². The SMILES string of the molecule is CC(C)C[C@H](NC(=O)OCc1cccc(Cl)c1)C(=O)N[C@@H](C)C(=O)COC(=O)Cc1ccccc1. The molecule has 35 heavy (non-hydrogen) atoms. The van der Waals surface area contributed by atoms with E-state index in [9.17, 15) is 19.2 Å². The number of carbonyl (C=O) groups is 4. The summed E-state index contributed by atoms with van der Waals surface area (Å²) in [5.74, 6) is -1.45. The largest absolute Gasteiger partial charge is 0.457 e. The third-order valence-electron chi connectivity index (χ3n) is 4.98. The van der Waals surface area contributed by atoms with Gasteiger partial charge in [0, 0.05) is 5.02 Å². The first kappa shape index (κ1) is 27.9. The molecule has 2 aromatic rings. The number of Topliss-reactive ketones (excluding diaryl/α,β-unsaturated/α-hetero) is 1. The van der Waals surface area contributed by atoms with Crippen molar-refractivity contribution in [2.75, 3.05) is 6.61 Å². The number of nitrogens with one attached hydrogen (secondary N) is 2. The van der Waals surface area contributed by atoms with Gasteiger partial charge in [0.2, 0.25) is 5.91 Å². The molecule has 0 saturated carbocycles. The second-order valence-electron chi connectivity index (χ2n) is 8.55. The molecule has 0 unspecified atom stereocenters. The first-order valence-corrected chi connectivity index (χ1v) is 11.7. The summed E-state index contributed by atoms with van der Waals surface area (Å²) in [5, 5.41) is 5.65. The molecule has 0 aliphatic rings. The van der Waals surface area contributed by atoms with Gasteiger partial charge in [-0.1, -0.05) is 67.9 Å². The monoisotopic (exact) mass is 502 g/mol. The fourth-order valence-corrected chi connectivity index (χ4v) is 3.36. The lowest BCUT2D eigenvalue weighted by Gasteiger charge is -2.22. The van der Waals surface area contributed by atoms with E-state index in [4.69, 9.17) is 21.1 Å². The van der Waals surface area contributed by atoms with Crippen LogP contribution in [0.1, 0.15) is 38.3 Å². The summed E-state index contributed by atoms with van der Waals surface area (Å²) in [6, 6.07) is 14.1. The Kier molecular flexibility index (Phi) is 11.2. The average Bonchev–Trinajstić information content (AvgIpc) is 2.81. The number of halogens is 1. The maximum absolute atomic E-state index is 12.8. The van der Waals surface area contributed by atoms with Crippen LogP contribution in [0.3, 0.4) is 0 Å². The summed E-state index contributed by atoms with van der Waals surface area (Å²) in [6.45, 7) is 4.83. The fourth-order valence-electron chi connectivity index (χ4n) is 3.15. The van der Waals surface area contributed by atoms with Crippen LogP contribution in [-0.4, -0.2) is 42.4 Å². The van der Waals surface area contributed by atoms with E-state index in [0.717, 1.165) is 5.56 Å². The van der Waals surface area contributed by atoms with E-state index in [-0.39, 0.29) is 18.9 Å². The molecule has 0 aromatic heterocycles. The first-order chi connectivity index (χ1) is 16.6. The standard InChI is InChI=1S/C26H31ClN2O6/c1-17(2)12-22(29-26(33)35-15-20-10-7-11-21(27)13-20)25(32)28-18(3)23(30)16-34-24(31)14-19-8-5-4-6-9-19/h4-11,13,17-18,22H,12,14-16H2,1-3H3,(H,28,32)(H,29,33)/t18-,22-/m0/s1. The van der Waals surface area contributed by atoms with Gasteiger partial charge in [0.05, 0.1) is 12.5 Å². The minimum absolute atomic E-state index is 0.00829. The molecule has 0 bridgehead atoms. The Bertz CT molecular complexity index is 1010. The summed E-state index contributed by atoms with van der Waals surface area (Å²) >= 11 is 5.93. The van der Waals surface area contributed by atoms with Gasteiger partial charge in [-0.2, -0.15) is 0 Å². The molecule has 0 aliphatic heterocycles. The maximum Gasteiger partial charge on any atom is 0.408 e. The highest BCUT2D eigenvalue weighted by Gasteiger charge is 2.26. The molecule has 2 aromatic carbocycles. The highest BCUT2D eigenvalue weighted by atomic mass is 35.5. The predicted octanol–water partition coefficient (Wildman–Crippen LogP) is 3.84. The Morgan fingerprint density at radius 2 is 1.57 bits per heavy atom. The van der Waals surface area contributed by atoms with Crippen molar-refractivity contribution in [2.45, 2.75) is 52.3 Å². The van der Waals surface area contributed by atoms with Crippen molar-refractivity contribution in [3.63, 3.8) is 0 Å². The minimum Gasteiger partial charge on any atom is -0.457 e. The Balaban J connectivity index is 1.83. The molecule has 2 amide bonds. The molecule has 0 aliphatic carbocycles. The van der Waals surface area contributed by atoms with Crippen LogP contribution >= 0.6 is 11.6 Å². The molecule has 0 spiro atoms. The Morgan fingerprint density at radius 1 is 0.886 bits per heavy atom. The summed E-state index contributed by atoms with van der Waals surface area (Å²) in [4.78, 5) is 49.4. The average molecular weight is 503 g/mol. The first-order valence-electron chi connectivity index (χ1n) is 11.3. The molecule has 8 nitrogen and oxygen atoms in total. The zero-order chi connectivity index (χ0) is 25.8. The number of amides is 2. The molecule has 0 heterocycles. The van der Waals surface area contributed by atoms with E-state index >= 15 is 0 Å². The van der Waals surface area contributed by atoms with Crippen LogP contribution in [0.4, 0.5) is 4.79 Å². The third-order valence-corrected chi connectivity index (χ3v) is 5.22. The highest BCUT2D eigenvalue weighted by Crippen LogP contribution is 2.12. The molecule has 188 valence electrons. The predicted molar refractivity (Wildman–Crippen MR) is 132 cm³/mol. The third kappa shape index (κ3) is 10.6. The smallest absolute Gasteiger partial charge is 0.408 e. The van der Waals surface area contributed by atoms with Crippen LogP contribution in [0.25, 0.3) is 0 Å². The lowest BCUT2D eigenvalue weighted by molar-refractivity contribution is -0.147. The van der Waals surface area contributed by atoms with Crippen LogP contribution in [0.15, 0.2) is 54.6 Å². The van der Waals surface area contributed by atoms with Gasteiger partial charge in [0.1, 0.15) is 12.6 Å². The van der Waals surface area contributed by atoms with Gasteiger partial charge in [0.25, 0.3) is 0 Å². The summed E-state index contributed by atoms with van der Waals surface area (Å²) in [5.41, 5.74) is 1.48. The number of esters is 1. The fraction of sp³-hybridized carbons (Fsp3) is 0.385. The quantitative estimate of drug-likeness (QED) is 0.427. The van der Waals surface area contributed by atoms with Gasteiger partial charge < -0.3 is 20.1 Å². The molecule has 9 heteroatoms. The van der Waals surface area contributed by atoms with E-state index in [1.807, 2.05) is 19.9 Å². The summed E-state index contributed by atoms with van der Waals surface area (Å²) in [6.07, 6.45) is -0.378. The number of ether oxygens (including phenoxy) is 2. The topological polar surface area (TPSA) is 111 Å². The minimum atomic E-state index is -0.911. The van der Waals surface area contributed by atoms with Crippen LogP contribution in [-0.2, 0) is 36.9 Å². The molecule has 0 saturated heterocycles. The normalized spacial score (nSPS) is 12.4. The number of benzene rings is 2. The van der Waals surface area contributed by atoms with E-state index in [2.05, 4.69) is 10.6 Å². The maximum atomic E-state index is 12.8. The zero-order valence-corrected chi connectivity index (χ0v) is 20.8. The Hall–Kier alpha value is -3.39. The summed E-state index contributed by atoms with van der Waals surface area (Å²) < 4.78 is 10.2. The number of hydrogen-bond donors (Lipinski definition) is 2. The number of carbonyl (C=O) groups excluding carboxylic acids is 4. The lowest BCUT2D eigenvalue weighted by Crippen LogP contribution is -2.51. The van der Waals surface area contributed by atoms with Gasteiger partial charge >= 0.3 is 12.1 Å².